The zero-order valence-electron chi connectivity index (χ0n) is 40.5. The van der Waals surface area contributed by atoms with Crippen molar-refractivity contribution in [3.8, 4) is 0 Å². The molecule has 6 heterocycles. The summed E-state index contributed by atoms with van der Waals surface area (Å²) in [5.74, 6) is -1.58. The number of rotatable bonds is 6. The van der Waals surface area contributed by atoms with Crippen LogP contribution in [0.3, 0.4) is 0 Å². The molecular weight excluding hydrogens is 977 g/mol. The zero-order chi connectivity index (χ0) is 54.0. The summed E-state index contributed by atoms with van der Waals surface area (Å²) in [5, 5.41) is 3.86. The lowest BCUT2D eigenvalue weighted by Crippen LogP contribution is -2.38. The second-order valence-electron chi connectivity index (χ2n) is 18.0. The fraction of sp³-hybridized carbons (Fsp3) is 0.417. The summed E-state index contributed by atoms with van der Waals surface area (Å²) >= 11 is 0. The second kappa shape index (κ2) is 21.7. The number of aromatic nitrogens is 6. The summed E-state index contributed by atoms with van der Waals surface area (Å²) in [6.45, 7) is 8.29. The lowest BCUT2D eigenvalue weighted by Gasteiger charge is -2.31. The molecule has 2 aromatic carbocycles. The maximum Gasteiger partial charge on any atom is 0.416 e. The minimum atomic E-state index is -4.69. The van der Waals surface area contributed by atoms with E-state index in [2.05, 4.69) is 25.3 Å². The molecule has 8 rings (SSSR count). The summed E-state index contributed by atoms with van der Waals surface area (Å²) in [4.78, 5) is 79.2. The predicted octanol–water partition coefficient (Wildman–Crippen LogP) is 6.76. The molecule has 2 aliphatic rings. The van der Waals surface area contributed by atoms with Crippen LogP contribution in [0.4, 0.5) is 52.3 Å². The van der Waals surface area contributed by atoms with Crippen LogP contribution >= 0.6 is 0 Å². The molecule has 2 amide bonds. The Bertz CT molecular complexity index is 3230. The molecule has 392 valence electrons. The van der Waals surface area contributed by atoms with Crippen LogP contribution in [0.25, 0.3) is 22.1 Å². The van der Waals surface area contributed by atoms with E-state index in [0.717, 1.165) is 18.9 Å². The fourth-order valence-electron chi connectivity index (χ4n) is 8.91. The van der Waals surface area contributed by atoms with Crippen LogP contribution in [-0.4, -0.2) is 76.9 Å². The highest BCUT2D eigenvalue weighted by atomic mass is 19.4. The number of benzene rings is 2. The highest BCUT2D eigenvalue weighted by molar-refractivity contribution is 5.87. The molecule has 2 atom stereocenters. The minimum Gasteiger partial charge on any atom is -0.396 e. The lowest BCUT2D eigenvalue weighted by molar-refractivity contribution is -0.138. The number of amides is 2. The topological polar surface area (TPSA) is 246 Å². The quantitative estimate of drug-likeness (QED) is 0.0858. The first-order chi connectivity index (χ1) is 34.1. The number of nitrogen functional groups attached to an aromatic ring is 2. The van der Waals surface area contributed by atoms with E-state index in [4.69, 9.17) is 17.2 Å². The Morgan fingerprint density at radius 2 is 1.10 bits per heavy atom. The van der Waals surface area contributed by atoms with Gasteiger partial charge in [0.25, 0.3) is 16.7 Å². The molecule has 0 radical (unpaired) electrons. The van der Waals surface area contributed by atoms with Crippen molar-refractivity contribution in [2.75, 3.05) is 43.0 Å². The predicted molar refractivity (Wildman–Crippen MR) is 257 cm³/mol. The van der Waals surface area contributed by atoms with Crippen LogP contribution in [0.2, 0.25) is 0 Å². The van der Waals surface area contributed by atoms with E-state index < -0.39 is 58.6 Å². The molecular formula is C48H54F8N12O5. The van der Waals surface area contributed by atoms with Crippen molar-refractivity contribution in [1.29, 1.82) is 0 Å². The van der Waals surface area contributed by atoms with Crippen molar-refractivity contribution >= 4 is 51.1 Å². The van der Waals surface area contributed by atoms with Gasteiger partial charge >= 0.3 is 12.4 Å². The lowest BCUT2D eigenvalue weighted by atomic mass is 9.89. The Balaban J connectivity index is 0.000000199. The fourth-order valence-corrected chi connectivity index (χ4v) is 8.91. The number of hydrogen-bond donors (Lipinski definition) is 5. The van der Waals surface area contributed by atoms with E-state index in [1.807, 2.05) is 0 Å². The van der Waals surface area contributed by atoms with Gasteiger partial charge in [-0.05, 0) is 87.8 Å². The average Bonchev–Trinajstić information content (AvgIpc) is 3.33. The molecule has 73 heavy (non-hydrogen) atoms. The van der Waals surface area contributed by atoms with Crippen LogP contribution in [-0.2, 0) is 36.0 Å². The second-order valence-corrected chi connectivity index (χ2v) is 18.0. The molecule has 8 N–H and O–H groups in total. The molecule has 0 bridgehead atoms. The molecule has 0 aliphatic carbocycles. The van der Waals surface area contributed by atoms with Crippen LogP contribution in [0.5, 0.6) is 0 Å². The van der Waals surface area contributed by atoms with E-state index in [-0.39, 0.29) is 57.3 Å². The third-order valence-electron chi connectivity index (χ3n) is 13.1. The molecule has 25 heteroatoms. The number of H-pyrrole nitrogens is 1. The van der Waals surface area contributed by atoms with Crippen LogP contribution < -0.4 is 39.2 Å². The van der Waals surface area contributed by atoms with Gasteiger partial charge < -0.3 is 37.3 Å². The molecule has 17 nitrogen and oxygen atoms in total. The number of alkyl halides is 6. The molecule has 2 aliphatic heterocycles. The number of halogens is 8. The zero-order valence-corrected chi connectivity index (χ0v) is 40.5. The molecule has 4 aromatic heterocycles. The van der Waals surface area contributed by atoms with Crippen LogP contribution in [0.15, 0.2) is 63.4 Å². The highest BCUT2D eigenvalue weighted by Crippen LogP contribution is 2.37. The molecule has 0 spiro atoms. The highest BCUT2D eigenvalue weighted by Gasteiger charge is 2.34. The summed E-state index contributed by atoms with van der Waals surface area (Å²) in [7, 11) is 3.21. The van der Waals surface area contributed by atoms with Crippen molar-refractivity contribution in [2.45, 2.75) is 89.7 Å². The molecule has 2 fully saturated rings. The van der Waals surface area contributed by atoms with Crippen molar-refractivity contribution in [2.24, 2.45) is 19.8 Å². The summed E-state index contributed by atoms with van der Waals surface area (Å²) in [6, 6.07) is 4.08. The number of nitrogens with two attached hydrogens (primary N) is 3. The summed E-state index contributed by atoms with van der Waals surface area (Å²) < 4.78 is 108. The molecule has 2 saturated heterocycles. The van der Waals surface area contributed by atoms with Crippen LogP contribution in [0, 0.1) is 11.6 Å². The van der Waals surface area contributed by atoms with E-state index in [1.165, 1.54) is 42.6 Å². The van der Waals surface area contributed by atoms with E-state index in [0.29, 0.717) is 90.4 Å². The number of likely N-dealkylation sites (tertiary alicyclic amines) is 2. The van der Waals surface area contributed by atoms with Gasteiger partial charge in [-0.15, -0.1) is 0 Å². The van der Waals surface area contributed by atoms with Crippen LogP contribution in [0.1, 0.15) is 111 Å². The summed E-state index contributed by atoms with van der Waals surface area (Å²) in [5.41, 5.74) is 13.6. The third-order valence-corrected chi connectivity index (χ3v) is 13.1. The Morgan fingerprint density at radius 3 is 1.53 bits per heavy atom. The van der Waals surface area contributed by atoms with Gasteiger partial charge in [0.05, 0.1) is 45.6 Å². The number of piperidine rings is 2. The van der Waals surface area contributed by atoms with Gasteiger partial charge in [0, 0.05) is 82.4 Å². The van der Waals surface area contributed by atoms with Gasteiger partial charge in [-0.2, -0.15) is 26.3 Å². The number of pyridine rings is 2. The Morgan fingerprint density at radius 1 is 0.671 bits per heavy atom. The van der Waals surface area contributed by atoms with Gasteiger partial charge in [-0.1, -0.05) is 0 Å². The van der Waals surface area contributed by atoms with Crippen molar-refractivity contribution in [3.63, 3.8) is 0 Å². The first-order valence-electron chi connectivity index (χ1n) is 22.9. The largest absolute Gasteiger partial charge is 0.416 e. The molecule has 6 aromatic rings. The monoisotopic (exact) mass is 1030 g/mol. The number of carbonyl (C=O) groups excluding carboxylic acids is 2. The van der Waals surface area contributed by atoms with Crippen molar-refractivity contribution < 1.29 is 44.7 Å². The van der Waals surface area contributed by atoms with Gasteiger partial charge in [-0.3, -0.25) is 33.1 Å². The number of aryl methyl sites for hydroxylation is 2. The number of anilines is 3. The first kappa shape index (κ1) is 54.9. The number of hydrogen-bond acceptors (Lipinski definition) is 12. The standard InChI is InChI=1S/C24H26F4N6O2.C15H18N4O3.C9H10F4N2/c1-12(16-8-15(24(26,27)28)9-19(29)20(16)25)32-21-18-10-17(14-4-6-34(7-5-14)13(2)35)23(36)33(3)22(18)31-11-30-21;1-9(20)19-5-3-10(4-6-19)11-7-12-13(18(2)15(11)22)16-8-17-14(12)21;1-4(14)6-2-5(9(11,12)13)3-7(15)8(6)10/h8-12,14H,4-7,29H2,1-3H3,(H,30,31,32);7-8,10H,3-6H2,1-2H3,(H,16,17,21);2-4H,14-15H2,1H3/t12-;;4-/m1.1/s1. The summed E-state index contributed by atoms with van der Waals surface area (Å²) in [6.07, 6.45) is -4.02. The smallest absolute Gasteiger partial charge is 0.396 e. The molecule has 0 unspecified atom stereocenters. The maximum atomic E-state index is 14.7. The normalized spacial score (nSPS) is 15.5. The number of fused-ring (bicyclic) bond motifs is 2. The van der Waals surface area contributed by atoms with E-state index in [1.54, 1.807) is 43.0 Å². The van der Waals surface area contributed by atoms with E-state index >= 15 is 0 Å². The Kier molecular flexibility index (Phi) is 16.3. The Hall–Kier alpha value is -7.44. The van der Waals surface area contributed by atoms with Gasteiger partial charge in [0.15, 0.2) is 11.6 Å². The SMILES string of the molecule is CC(=O)N1CCC(c2cc3c(=O)[nH]cnc3n(C)c2=O)CC1.CC(=O)N1CCC(c2cc3c(N[C@H](C)c4cc(C(F)(F)F)cc(N)c4F)ncnc3n(C)c2=O)CC1.C[C@@H](N)c1cc(C(F)(F)F)cc(N)c1F. The van der Waals surface area contributed by atoms with Gasteiger partial charge in [0.2, 0.25) is 11.8 Å². The van der Waals surface area contributed by atoms with Gasteiger partial charge in [-0.25, -0.2) is 23.7 Å². The Labute approximate surface area is 411 Å². The molecule has 0 saturated carbocycles. The third kappa shape index (κ3) is 12.1. The average molecular weight is 1030 g/mol. The number of nitrogens with zero attached hydrogens (tertiary/aromatic N) is 7. The maximum absolute atomic E-state index is 14.7. The number of aromatic amines is 1. The number of nitrogens with one attached hydrogen (secondary N) is 2. The number of carbonyl (C=O) groups is 2. The van der Waals surface area contributed by atoms with E-state index in [9.17, 15) is 59.1 Å². The van der Waals surface area contributed by atoms with Crippen molar-refractivity contribution in [1.82, 2.24) is 38.9 Å². The van der Waals surface area contributed by atoms with Gasteiger partial charge in [0.1, 0.15) is 23.4 Å². The van der Waals surface area contributed by atoms with Crippen molar-refractivity contribution in [3.05, 3.63) is 125 Å². The first-order valence-corrected chi connectivity index (χ1v) is 22.9. The minimum absolute atomic E-state index is 0.0174.